The third-order valence-electron chi connectivity index (χ3n) is 3.41. The summed E-state index contributed by atoms with van der Waals surface area (Å²) in [4.78, 5) is 34.1. The van der Waals surface area contributed by atoms with E-state index in [-0.39, 0.29) is 41.2 Å². The lowest BCUT2D eigenvalue weighted by molar-refractivity contribution is -0.384. The first-order chi connectivity index (χ1) is 13.3. The molecule has 2 rings (SSSR count). The molecule has 1 N–H and O–H groups in total. The Morgan fingerprint density at radius 1 is 1.43 bits per heavy atom. The van der Waals surface area contributed by atoms with Gasteiger partial charge in [-0.3, -0.25) is 14.9 Å². The van der Waals surface area contributed by atoms with Gasteiger partial charge in [-0.1, -0.05) is 11.6 Å². The molecule has 12 heteroatoms. The van der Waals surface area contributed by atoms with Crippen LogP contribution in [-0.2, 0) is 16.3 Å². The van der Waals surface area contributed by atoms with Crippen molar-refractivity contribution in [2.45, 2.75) is 19.7 Å². The predicted molar refractivity (Wildman–Crippen MR) is 103 cm³/mol. The van der Waals surface area contributed by atoms with Gasteiger partial charge >= 0.3 is 5.97 Å². The third kappa shape index (κ3) is 5.60. The SMILES string of the molecule is CCOC(=O)[C@H](CS)NC(=O)c1ccn(COc2ccc([N+](=O)[O-])cc2Cl)n1. The van der Waals surface area contributed by atoms with Crippen LogP contribution in [0.25, 0.3) is 0 Å². The standard InChI is InChI=1S/C16H17ClN4O6S/c1-2-26-16(23)13(8-28)18-15(22)12-5-6-20(19-12)9-27-14-4-3-10(21(24)25)7-11(14)17/h3-7,13,28H,2,8-9H2,1H3,(H,18,22)/t13-/m0/s1. The average molecular weight is 429 g/mol. The van der Waals surface area contributed by atoms with E-state index in [9.17, 15) is 19.7 Å². The Kier molecular flexibility index (Phi) is 7.64. The fourth-order valence-corrected chi connectivity index (χ4v) is 2.53. The Morgan fingerprint density at radius 3 is 2.79 bits per heavy atom. The van der Waals surface area contributed by atoms with Gasteiger partial charge in [0.1, 0.15) is 17.5 Å². The van der Waals surface area contributed by atoms with Gasteiger partial charge in [0.25, 0.3) is 11.6 Å². The second-order valence-electron chi connectivity index (χ2n) is 5.35. The van der Waals surface area contributed by atoms with E-state index in [4.69, 9.17) is 21.1 Å². The van der Waals surface area contributed by atoms with Crippen LogP contribution in [0, 0.1) is 10.1 Å². The first-order valence-corrected chi connectivity index (χ1v) is 9.05. The van der Waals surface area contributed by atoms with Gasteiger partial charge in [0.2, 0.25) is 0 Å². The Labute approximate surface area is 170 Å². The summed E-state index contributed by atoms with van der Waals surface area (Å²) in [6, 6.07) is 4.35. The largest absolute Gasteiger partial charge is 0.470 e. The van der Waals surface area contributed by atoms with Gasteiger partial charge in [0.05, 0.1) is 16.6 Å². The maximum atomic E-state index is 12.2. The number of benzene rings is 1. The number of rotatable bonds is 9. The number of hydrogen-bond donors (Lipinski definition) is 2. The number of nitro benzene ring substituents is 1. The molecule has 0 radical (unpaired) electrons. The molecule has 0 aliphatic rings. The van der Waals surface area contributed by atoms with Gasteiger partial charge in [-0.25, -0.2) is 9.48 Å². The Hall–Kier alpha value is -2.79. The zero-order chi connectivity index (χ0) is 20.7. The lowest BCUT2D eigenvalue weighted by Gasteiger charge is -2.14. The lowest BCUT2D eigenvalue weighted by atomic mass is 10.3. The molecule has 1 aromatic heterocycles. The number of nitrogens with zero attached hydrogens (tertiary/aromatic N) is 3. The van der Waals surface area contributed by atoms with Gasteiger partial charge in [-0.15, -0.1) is 0 Å². The molecule has 2 aromatic rings. The van der Waals surface area contributed by atoms with Gasteiger partial charge in [-0.05, 0) is 19.1 Å². The maximum absolute atomic E-state index is 12.2. The molecular formula is C16H17ClN4O6S. The van der Waals surface area contributed by atoms with Gasteiger partial charge in [0.15, 0.2) is 6.73 Å². The molecule has 0 aliphatic heterocycles. The van der Waals surface area contributed by atoms with Crippen molar-refractivity contribution in [1.29, 1.82) is 0 Å². The quantitative estimate of drug-likeness (QED) is 0.271. The molecular weight excluding hydrogens is 412 g/mol. The molecule has 1 heterocycles. The minimum Gasteiger partial charge on any atom is -0.470 e. The van der Waals surface area contributed by atoms with Crippen LogP contribution < -0.4 is 10.1 Å². The van der Waals surface area contributed by atoms with Crippen LogP contribution in [0.5, 0.6) is 5.75 Å². The molecule has 1 atom stereocenters. The smallest absolute Gasteiger partial charge is 0.329 e. The van der Waals surface area contributed by atoms with Crippen molar-refractivity contribution < 1.29 is 24.0 Å². The number of halogens is 1. The van der Waals surface area contributed by atoms with Gasteiger partial charge in [-0.2, -0.15) is 17.7 Å². The van der Waals surface area contributed by atoms with E-state index < -0.39 is 22.8 Å². The van der Waals surface area contributed by atoms with Crippen molar-refractivity contribution in [3.63, 3.8) is 0 Å². The van der Waals surface area contributed by atoms with E-state index in [0.29, 0.717) is 0 Å². The fraction of sp³-hybridized carbons (Fsp3) is 0.312. The van der Waals surface area contributed by atoms with E-state index >= 15 is 0 Å². The van der Waals surface area contributed by atoms with Crippen LogP contribution in [0.4, 0.5) is 5.69 Å². The number of ether oxygens (including phenoxy) is 2. The van der Waals surface area contributed by atoms with Crippen LogP contribution in [0.2, 0.25) is 5.02 Å². The molecule has 150 valence electrons. The van der Waals surface area contributed by atoms with E-state index in [0.717, 1.165) is 0 Å². The molecule has 0 saturated carbocycles. The van der Waals surface area contributed by atoms with Crippen molar-refractivity contribution in [3.05, 3.63) is 51.3 Å². The van der Waals surface area contributed by atoms with E-state index in [1.165, 1.54) is 35.1 Å². The average Bonchev–Trinajstić information content (AvgIpc) is 3.14. The van der Waals surface area contributed by atoms with Crippen LogP contribution >= 0.6 is 24.2 Å². The molecule has 0 saturated heterocycles. The number of esters is 1. The summed E-state index contributed by atoms with van der Waals surface area (Å²) < 4.78 is 11.6. The number of aromatic nitrogens is 2. The summed E-state index contributed by atoms with van der Waals surface area (Å²) in [7, 11) is 0. The van der Waals surface area contributed by atoms with Crippen molar-refractivity contribution in [1.82, 2.24) is 15.1 Å². The molecule has 1 amide bonds. The highest BCUT2D eigenvalue weighted by molar-refractivity contribution is 7.80. The summed E-state index contributed by atoms with van der Waals surface area (Å²) in [6.07, 6.45) is 1.49. The second-order valence-corrected chi connectivity index (χ2v) is 6.12. The molecule has 0 spiro atoms. The molecule has 1 aromatic carbocycles. The molecule has 0 bridgehead atoms. The topological polar surface area (TPSA) is 126 Å². The highest BCUT2D eigenvalue weighted by Crippen LogP contribution is 2.28. The monoisotopic (exact) mass is 428 g/mol. The Balaban J connectivity index is 1.97. The summed E-state index contributed by atoms with van der Waals surface area (Å²) in [5.41, 5.74) is -0.0924. The molecule has 0 unspecified atom stereocenters. The second kappa shape index (κ2) is 9.95. The number of non-ortho nitro benzene ring substituents is 1. The number of carbonyl (C=O) groups is 2. The number of thiol groups is 1. The van der Waals surface area contributed by atoms with Crippen molar-refractivity contribution in [3.8, 4) is 5.75 Å². The minimum absolute atomic E-state index is 0.0643. The minimum atomic E-state index is -0.893. The zero-order valence-electron chi connectivity index (χ0n) is 14.7. The number of amides is 1. The lowest BCUT2D eigenvalue weighted by Crippen LogP contribution is -2.43. The first kappa shape index (κ1) is 21.5. The van der Waals surface area contributed by atoms with Gasteiger partial charge < -0.3 is 14.8 Å². The predicted octanol–water partition coefficient (Wildman–Crippen LogP) is 2.07. The van der Waals surface area contributed by atoms with E-state index in [1.807, 2.05) is 0 Å². The van der Waals surface area contributed by atoms with Crippen LogP contribution in [0.1, 0.15) is 17.4 Å². The van der Waals surface area contributed by atoms with Crippen molar-refractivity contribution >= 4 is 41.8 Å². The molecule has 0 fully saturated rings. The van der Waals surface area contributed by atoms with Gasteiger partial charge in [0, 0.05) is 24.1 Å². The Morgan fingerprint density at radius 2 is 2.18 bits per heavy atom. The van der Waals surface area contributed by atoms with E-state index in [1.54, 1.807) is 6.92 Å². The zero-order valence-corrected chi connectivity index (χ0v) is 16.4. The maximum Gasteiger partial charge on any atom is 0.329 e. The summed E-state index contributed by atoms with van der Waals surface area (Å²) in [5, 5.41) is 17.3. The van der Waals surface area contributed by atoms with Crippen molar-refractivity contribution in [2.24, 2.45) is 0 Å². The highest BCUT2D eigenvalue weighted by atomic mass is 35.5. The molecule has 28 heavy (non-hydrogen) atoms. The number of nitro groups is 1. The molecule has 10 nitrogen and oxygen atoms in total. The normalized spacial score (nSPS) is 11.5. The fourth-order valence-electron chi connectivity index (χ4n) is 2.06. The summed E-state index contributed by atoms with van der Waals surface area (Å²) in [5.74, 6) is -0.848. The molecule has 0 aliphatic carbocycles. The van der Waals surface area contributed by atoms with Crippen LogP contribution in [0.3, 0.4) is 0 Å². The third-order valence-corrected chi connectivity index (χ3v) is 4.07. The van der Waals surface area contributed by atoms with Crippen molar-refractivity contribution in [2.75, 3.05) is 12.4 Å². The van der Waals surface area contributed by atoms with E-state index in [2.05, 4.69) is 23.0 Å². The summed E-state index contributed by atoms with van der Waals surface area (Å²) >= 11 is 9.98. The number of hydrogen-bond acceptors (Lipinski definition) is 8. The number of carbonyl (C=O) groups excluding carboxylic acids is 2. The first-order valence-electron chi connectivity index (χ1n) is 8.04. The Bertz CT molecular complexity index is 875. The highest BCUT2D eigenvalue weighted by Gasteiger charge is 2.22. The van der Waals surface area contributed by atoms with Crippen LogP contribution in [0.15, 0.2) is 30.5 Å². The van der Waals surface area contributed by atoms with Crippen LogP contribution in [-0.4, -0.2) is 45.0 Å². The number of nitrogens with one attached hydrogen (secondary N) is 1. The summed E-state index contributed by atoms with van der Waals surface area (Å²) in [6.45, 7) is 1.77.